The number of Topliss-reactive ketones (excluding diaryl/α,β-unsaturated/α-hetero) is 1. The molecule has 5 aromatic rings. The summed E-state index contributed by atoms with van der Waals surface area (Å²) >= 11 is 0. The molecule has 0 amide bonds. The Kier molecular flexibility index (Phi) is 19.7. The Morgan fingerprint density at radius 1 is 0.764 bits per heavy atom. The van der Waals surface area contributed by atoms with Crippen molar-refractivity contribution in [1.82, 2.24) is 0 Å². The number of benzene rings is 5. The SMILES string of the molecule is C/C=C/c1c(C)cc2c(CO)c3c(c(O)c2c1C)C(=O)CC[C@@H]3OCc1ccc(OC)cc1.C/C=C/c1c(C)cc2c(c1C)C(=O)OC2C#N.C1CCOC1.COc1ccc(CO[C@@H]2C=CC(=O)CC2)cc1. The van der Waals surface area contributed by atoms with Gasteiger partial charge in [-0.2, -0.15) is 5.26 Å². The summed E-state index contributed by atoms with van der Waals surface area (Å²) in [5, 5.41) is 32.1. The number of carbonyl (C=O) groups is 3. The van der Waals surface area contributed by atoms with Gasteiger partial charge in [-0.15, -0.1) is 0 Å². The van der Waals surface area contributed by atoms with Crippen molar-refractivity contribution >= 4 is 40.5 Å². The van der Waals surface area contributed by atoms with Crippen LogP contribution in [-0.4, -0.2) is 61.3 Å². The number of nitrogens with zero attached hydrogens (tertiary/aromatic N) is 1. The number of hydrogen-bond acceptors (Lipinski definition) is 12. The van der Waals surface area contributed by atoms with Gasteiger partial charge < -0.3 is 38.6 Å². The number of esters is 1. The van der Waals surface area contributed by atoms with Crippen LogP contribution in [-0.2, 0) is 43.6 Å². The highest BCUT2D eigenvalue weighted by Crippen LogP contribution is 2.47. The molecule has 1 saturated heterocycles. The van der Waals surface area contributed by atoms with E-state index in [-0.39, 0.29) is 42.0 Å². The molecule has 5 aromatic carbocycles. The third kappa shape index (κ3) is 13.0. The van der Waals surface area contributed by atoms with Gasteiger partial charge in [0.1, 0.15) is 23.3 Å². The van der Waals surface area contributed by atoms with Crippen molar-refractivity contribution in [3.63, 3.8) is 0 Å². The molecule has 378 valence electrons. The molecule has 12 heteroatoms. The summed E-state index contributed by atoms with van der Waals surface area (Å²) in [7, 11) is 3.27. The number of allylic oxidation sites excluding steroid dienone is 3. The molecule has 3 atom stereocenters. The fraction of sp³-hybridized carbons (Fsp3) is 0.367. The zero-order valence-corrected chi connectivity index (χ0v) is 42.8. The zero-order valence-electron chi connectivity index (χ0n) is 42.8. The number of aliphatic hydroxyl groups is 1. The topological polar surface area (TPSA) is 171 Å². The number of ketones is 2. The maximum atomic E-state index is 13.0. The first-order chi connectivity index (χ1) is 34.8. The number of nitriles is 1. The van der Waals surface area contributed by atoms with Crippen LogP contribution in [0.4, 0.5) is 0 Å². The van der Waals surface area contributed by atoms with E-state index in [4.69, 9.17) is 33.7 Å². The molecule has 1 fully saturated rings. The Hall–Kier alpha value is -6.88. The molecule has 4 aliphatic rings. The van der Waals surface area contributed by atoms with E-state index in [1.165, 1.54) is 12.8 Å². The standard InChI is InChI=1S/C28H30O5.C14H13NO2.C14H16O3.C4H8O/c1-5-6-20-16(2)13-21-22(14-29)26-24(33-15-18-7-9-19(32-4)10-8-18)12-11-23(30)27(26)28(31)25(21)17(20)3;1-4-5-10-8(2)6-11-12(7-15)17-14(16)13(11)9(10)3;1-16-13-6-2-11(3-7-13)10-17-14-8-4-12(15)5-9-14;1-2-4-5-3-1/h5-10,13,24,29,31H,11-12,14-15H2,1-4H3;4-6,12H,1-3H3;2-4,6-8,14H,5,9-10H2,1H3;1-4H2/b6-5+;5-4+;;/t24-;;14-;/m0.1./s1. The van der Waals surface area contributed by atoms with Gasteiger partial charge in [-0.05, 0) is 159 Å². The maximum Gasteiger partial charge on any atom is 0.340 e. The lowest BCUT2D eigenvalue weighted by atomic mass is 9.80. The number of phenolic OH excluding ortho intramolecular Hbond substituents is 1. The first-order valence-electron chi connectivity index (χ1n) is 24.5. The molecular weight excluding hydrogens is 911 g/mol. The van der Waals surface area contributed by atoms with Crippen LogP contribution >= 0.6 is 0 Å². The molecule has 9 rings (SSSR count). The number of aryl methyl sites for hydroxylation is 3. The second-order valence-corrected chi connectivity index (χ2v) is 18.0. The van der Waals surface area contributed by atoms with Crippen LogP contribution in [0.15, 0.2) is 85.0 Å². The maximum absolute atomic E-state index is 13.0. The number of rotatable bonds is 11. The number of ether oxygens (including phenoxy) is 6. The number of aliphatic hydroxyl groups excluding tert-OH is 1. The lowest BCUT2D eigenvalue weighted by molar-refractivity contribution is -0.115. The first-order valence-corrected chi connectivity index (χ1v) is 24.5. The van der Waals surface area contributed by atoms with E-state index in [0.29, 0.717) is 53.7 Å². The Morgan fingerprint density at radius 2 is 1.35 bits per heavy atom. The van der Waals surface area contributed by atoms with Crippen LogP contribution in [0.2, 0.25) is 0 Å². The first kappa shape index (κ1) is 54.5. The third-order valence-corrected chi connectivity index (χ3v) is 13.2. The molecule has 0 bridgehead atoms. The molecule has 0 saturated carbocycles. The fourth-order valence-corrected chi connectivity index (χ4v) is 9.45. The molecule has 72 heavy (non-hydrogen) atoms. The highest BCUT2D eigenvalue weighted by atomic mass is 16.5. The summed E-state index contributed by atoms with van der Waals surface area (Å²) in [5.41, 5.74) is 10.8. The number of fused-ring (bicyclic) bond motifs is 3. The van der Waals surface area contributed by atoms with Crippen molar-refractivity contribution in [3.05, 3.63) is 157 Å². The van der Waals surface area contributed by atoms with E-state index in [0.717, 1.165) is 81.0 Å². The third-order valence-electron chi connectivity index (χ3n) is 13.2. The minimum Gasteiger partial charge on any atom is -0.507 e. The van der Waals surface area contributed by atoms with Crippen LogP contribution < -0.4 is 9.47 Å². The van der Waals surface area contributed by atoms with Crippen LogP contribution in [0.5, 0.6) is 17.2 Å². The number of hydrogen-bond donors (Lipinski definition) is 2. The minimum atomic E-state index is -0.755. The smallest absolute Gasteiger partial charge is 0.340 e. The van der Waals surface area contributed by atoms with E-state index in [2.05, 4.69) is 0 Å². The average molecular weight is 978 g/mol. The normalized spacial score (nSPS) is 17.8. The molecule has 0 spiro atoms. The van der Waals surface area contributed by atoms with Crippen molar-refractivity contribution in [2.75, 3.05) is 27.4 Å². The van der Waals surface area contributed by atoms with Gasteiger partial charge in [0.2, 0.25) is 6.10 Å². The predicted octanol–water partition coefficient (Wildman–Crippen LogP) is 12.3. The minimum absolute atomic E-state index is 0.0109. The summed E-state index contributed by atoms with van der Waals surface area (Å²) in [6.45, 7) is 14.4. The van der Waals surface area contributed by atoms with E-state index < -0.39 is 18.2 Å². The second-order valence-electron chi connectivity index (χ2n) is 18.0. The highest BCUT2D eigenvalue weighted by molar-refractivity contribution is 6.10. The fourth-order valence-electron chi connectivity index (χ4n) is 9.45. The number of methoxy groups -OCH3 is 2. The van der Waals surface area contributed by atoms with Gasteiger partial charge in [-0.3, -0.25) is 9.59 Å². The predicted molar refractivity (Wildman–Crippen MR) is 279 cm³/mol. The summed E-state index contributed by atoms with van der Waals surface area (Å²) in [6.07, 6.45) is 15.0. The van der Waals surface area contributed by atoms with Crippen molar-refractivity contribution in [1.29, 1.82) is 5.26 Å². The van der Waals surface area contributed by atoms with Crippen molar-refractivity contribution in [2.45, 2.75) is 118 Å². The largest absolute Gasteiger partial charge is 0.507 e. The van der Waals surface area contributed by atoms with E-state index >= 15 is 0 Å². The van der Waals surface area contributed by atoms with Gasteiger partial charge in [0.15, 0.2) is 11.6 Å². The van der Waals surface area contributed by atoms with Crippen LogP contribution in [0, 0.1) is 39.0 Å². The molecule has 0 aromatic heterocycles. The molecule has 2 aliphatic carbocycles. The number of carbonyl (C=O) groups excluding carboxylic acids is 3. The molecular formula is C60H67NO11. The zero-order chi connectivity index (χ0) is 51.9. The molecule has 1 unspecified atom stereocenters. The Balaban J connectivity index is 0.000000182. The van der Waals surface area contributed by atoms with Gasteiger partial charge in [-0.1, -0.05) is 60.7 Å². The number of aromatic hydroxyl groups is 1. The molecule has 2 aliphatic heterocycles. The lowest BCUT2D eigenvalue weighted by Crippen LogP contribution is -2.21. The second kappa shape index (κ2) is 26.0. The molecule has 2 N–H and O–H groups in total. The lowest BCUT2D eigenvalue weighted by Gasteiger charge is -2.30. The van der Waals surface area contributed by atoms with Crippen molar-refractivity contribution in [2.24, 2.45) is 0 Å². The van der Waals surface area contributed by atoms with Gasteiger partial charge in [0.25, 0.3) is 0 Å². The van der Waals surface area contributed by atoms with Gasteiger partial charge in [0.05, 0.1) is 57.4 Å². The van der Waals surface area contributed by atoms with Gasteiger partial charge >= 0.3 is 5.97 Å². The molecule has 0 radical (unpaired) electrons. The Labute approximate surface area is 423 Å². The van der Waals surface area contributed by atoms with Crippen LogP contribution in [0.3, 0.4) is 0 Å². The highest BCUT2D eigenvalue weighted by Gasteiger charge is 2.35. The van der Waals surface area contributed by atoms with E-state index in [1.807, 2.05) is 139 Å². The summed E-state index contributed by atoms with van der Waals surface area (Å²) < 4.78 is 32.2. The van der Waals surface area contributed by atoms with Gasteiger partial charge in [-0.25, -0.2) is 4.79 Å². The van der Waals surface area contributed by atoms with Crippen molar-refractivity contribution in [3.8, 4) is 23.3 Å². The van der Waals surface area contributed by atoms with E-state index in [1.54, 1.807) is 20.3 Å². The van der Waals surface area contributed by atoms with Crippen LogP contribution in [0.25, 0.3) is 22.9 Å². The van der Waals surface area contributed by atoms with Crippen LogP contribution in [0.1, 0.15) is 146 Å². The summed E-state index contributed by atoms with van der Waals surface area (Å²) in [4.78, 5) is 35.7. The van der Waals surface area contributed by atoms with Crippen molar-refractivity contribution < 1.29 is 53.0 Å². The molecule has 12 nitrogen and oxygen atoms in total. The summed E-state index contributed by atoms with van der Waals surface area (Å²) in [6, 6.07) is 21.3. The quantitative estimate of drug-likeness (QED) is 0.120. The van der Waals surface area contributed by atoms with Gasteiger partial charge in [0, 0.05) is 42.6 Å². The Bertz CT molecular complexity index is 2860. The van der Waals surface area contributed by atoms with E-state index in [9.17, 15) is 24.6 Å². The monoisotopic (exact) mass is 977 g/mol. The number of cyclic esters (lactones) is 1. The average Bonchev–Trinajstić information content (AvgIpc) is 4.09. The molecule has 2 heterocycles. The Morgan fingerprint density at radius 3 is 1.86 bits per heavy atom. The summed E-state index contributed by atoms with van der Waals surface area (Å²) in [5.74, 6) is 1.29. The number of phenols is 1.